The van der Waals surface area contributed by atoms with Crippen molar-refractivity contribution in [2.75, 3.05) is 0 Å². The fourth-order valence-corrected chi connectivity index (χ4v) is 1.88. The van der Waals surface area contributed by atoms with Crippen LogP contribution in [0.3, 0.4) is 0 Å². The van der Waals surface area contributed by atoms with Gasteiger partial charge in [-0.15, -0.1) is 0 Å². The third-order valence-corrected chi connectivity index (χ3v) is 3.00. The van der Waals surface area contributed by atoms with Gasteiger partial charge >= 0.3 is 5.97 Å². The first kappa shape index (κ1) is 13.4. The van der Waals surface area contributed by atoms with Crippen molar-refractivity contribution in [3.05, 3.63) is 35.5 Å². The molecule has 19 heavy (non-hydrogen) atoms. The van der Waals surface area contributed by atoms with Gasteiger partial charge in [-0.2, -0.15) is 5.10 Å². The summed E-state index contributed by atoms with van der Waals surface area (Å²) in [7, 11) is 1.83. The Hall–Kier alpha value is -2.01. The molecule has 5 nitrogen and oxygen atoms in total. The molecule has 1 heterocycles. The van der Waals surface area contributed by atoms with E-state index >= 15 is 0 Å². The van der Waals surface area contributed by atoms with Crippen molar-refractivity contribution in [1.82, 2.24) is 9.78 Å². The van der Waals surface area contributed by atoms with Gasteiger partial charge in [0.15, 0.2) is 6.10 Å². The molecule has 0 saturated heterocycles. The van der Waals surface area contributed by atoms with Crippen molar-refractivity contribution >= 4 is 17.6 Å². The Kier molecular flexibility index (Phi) is 3.76. The second-order valence-corrected chi connectivity index (χ2v) is 4.49. The zero-order valence-corrected chi connectivity index (χ0v) is 11.3. The highest BCUT2D eigenvalue weighted by Crippen LogP contribution is 2.30. The highest BCUT2D eigenvalue weighted by atomic mass is 35.5. The third kappa shape index (κ3) is 2.88. The predicted molar refractivity (Wildman–Crippen MR) is 71.4 cm³/mol. The molecule has 0 aliphatic carbocycles. The topological polar surface area (TPSA) is 64.4 Å². The van der Waals surface area contributed by atoms with Gasteiger partial charge < -0.3 is 9.84 Å². The Morgan fingerprint density at radius 3 is 2.74 bits per heavy atom. The quantitative estimate of drug-likeness (QED) is 0.935. The van der Waals surface area contributed by atoms with E-state index in [0.29, 0.717) is 10.8 Å². The number of carboxylic acids is 1. The summed E-state index contributed by atoms with van der Waals surface area (Å²) < 4.78 is 6.98. The predicted octanol–water partition coefficient (Wildman–Crippen LogP) is 2.59. The number of nitrogens with zero attached hydrogens (tertiary/aromatic N) is 2. The Labute approximate surface area is 115 Å². The standard InChI is InChI=1S/C13H13ClN2O3/c1-8(13(17)18)19-12-4-3-9(7-10(12)14)11-5-6-15-16(11)2/h3-8H,1-2H3,(H,17,18)/t8-/m0/s1. The molecular formula is C13H13ClN2O3. The van der Waals surface area contributed by atoms with Gasteiger partial charge in [-0.25, -0.2) is 4.79 Å². The summed E-state index contributed by atoms with van der Waals surface area (Å²) in [6.07, 6.45) is 0.750. The van der Waals surface area contributed by atoms with Crippen LogP contribution in [0.1, 0.15) is 6.92 Å². The van der Waals surface area contributed by atoms with Gasteiger partial charge in [-0.1, -0.05) is 11.6 Å². The summed E-state index contributed by atoms with van der Waals surface area (Å²) in [6.45, 7) is 1.45. The van der Waals surface area contributed by atoms with E-state index in [1.807, 2.05) is 19.2 Å². The molecule has 0 bridgehead atoms. The number of hydrogen-bond donors (Lipinski definition) is 1. The van der Waals surface area contributed by atoms with E-state index in [1.165, 1.54) is 6.92 Å². The van der Waals surface area contributed by atoms with E-state index < -0.39 is 12.1 Å². The lowest BCUT2D eigenvalue weighted by Gasteiger charge is -2.12. The molecule has 2 rings (SSSR count). The minimum Gasteiger partial charge on any atom is -0.479 e. The van der Waals surface area contributed by atoms with E-state index in [1.54, 1.807) is 23.0 Å². The third-order valence-electron chi connectivity index (χ3n) is 2.70. The number of aromatic nitrogens is 2. The van der Waals surface area contributed by atoms with Crippen molar-refractivity contribution in [3.63, 3.8) is 0 Å². The SMILES string of the molecule is C[C@H](Oc1ccc(-c2ccnn2C)cc1Cl)C(=O)O. The first-order chi connectivity index (χ1) is 8.99. The van der Waals surface area contributed by atoms with Crippen LogP contribution in [0, 0.1) is 0 Å². The highest BCUT2D eigenvalue weighted by molar-refractivity contribution is 6.32. The fourth-order valence-electron chi connectivity index (χ4n) is 1.65. The van der Waals surface area contributed by atoms with Gasteiger partial charge in [0.25, 0.3) is 0 Å². The maximum atomic E-state index is 10.7. The van der Waals surface area contributed by atoms with Crippen molar-refractivity contribution in [2.24, 2.45) is 7.05 Å². The number of benzene rings is 1. The Balaban J connectivity index is 2.27. The van der Waals surface area contributed by atoms with Gasteiger partial charge in [0.2, 0.25) is 0 Å². The summed E-state index contributed by atoms with van der Waals surface area (Å²) in [6, 6.07) is 7.06. The summed E-state index contributed by atoms with van der Waals surface area (Å²) in [5.74, 6) is -0.686. The second kappa shape index (κ2) is 5.32. The number of halogens is 1. The van der Waals surface area contributed by atoms with Gasteiger partial charge in [-0.05, 0) is 31.2 Å². The number of ether oxygens (including phenoxy) is 1. The molecule has 100 valence electrons. The molecule has 0 saturated carbocycles. The average Bonchev–Trinajstić information content (AvgIpc) is 2.78. The van der Waals surface area contributed by atoms with E-state index in [0.717, 1.165) is 11.3 Å². The van der Waals surface area contributed by atoms with Crippen LogP contribution in [0.5, 0.6) is 5.75 Å². The Morgan fingerprint density at radius 2 is 2.21 bits per heavy atom. The van der Waals surface area contributed by atoms with Crippen LogP contribution in [0.4, 0.5) is 0 Å². The molecule has 1 atom stereocenters. The van der Waals surface area contributed by atoms with Crippen LogP contribution in [-0.4, -0.2) is 27.0 Å². The molecule has 1 aromatic carbocycles. The largest absolute Gasteiger partial charge is 0.479 e. The number of aryl methyl sites for hydroxylation is 1. The van der Waals surface area contributed by atoms with Crippen LogP contribution in [0.25, 0.3) is 11.3 Å². The van der Waals surface area contributed by atoms with E-state index in [-0.39, 0.29) is 0 Å². The lowest BCUT2D eigenvalue weighted by atomic mass is 10.1. The minimum atomic E-state index is -1.04. The van der Waals surface area contributed by atoms with Gasteiger partial charge in [0, 0.05) is 18.8 Å². The molecule has 0 aliphatic rings. The fraction of sp³-hybridized carbons (Fsp3) is 0.231. The summed E-state index contributed by atoms with van der Waals surface area (Å²) in [4.78, 5) is 10.7. The molecule has 1 aromatic heterocycles. The molecule has 6 heteroatoms. The van der Waals surface area contributed by atoms with Gasteiger partial charge in [-0.3, -0.25) is 4.68 Å². The minimum absolute atomic E-state index is 0.350. The number of rotatable bonds is 4. The normalized spacial score (nSPS) is 12.2. The lowest BCUT2D eigenvalue weighted by molar-refractivity contribution is -0.144. The number of carbonyl (C=O) groups is 1. The Morgan fingerprint density at radius 1 is 1.47 bits per heavy atom. The molecule has 1 N–H and O–H groups in total. The molecule has 0 radical (unpaired) electrons. The number of hydrogen-bond acceptors (Lipinski definition) is 3. The lowest BCUT2D eigenvalue weighted by Crippen LogP contribution is -2.22. The van der Waals surface area contributed by atoms with Crippen LogP contribution >= 0.6 is 11.6 Å². The average molecular weight is 281 g/mol. The number of carboxylic acid groups (broad SMARTS) is 1. The van der Waals surface area contributed by atoms with Gasteiger partial charge in [0.1, 0.15) is 5.75 Å². The maximum absolute atomic E-state index is 10.7. The maximum Gasteiger partial charge on any atom is 0.344 e. The van der Waals surface area contributed by atoms with Crippen LogP contribution in [-0.2, 0) is 11.8 Å². The van der Waals surface area contributed by atoms with E-state index in [4.69, 9.17) is 21.4 Å². The zero-order valence-electron chi connectivity index (χ0n) is 10.5. The molecule has 2 aromatic rings. The zero-order chi connectivity index (χ0) is 14.0. The first-order valence-electron chi connectivity index (χ1n) is 5.66. The monoisotopic (exact) mass is 280 g/mol. The summed E-state index contributed by atoms with van der Waals surface area (Å²) in [5.41, 5.74) is 1.81. The smallest absolute Gasteiger partial charge is 0.344 e. The number of aliphatic carboxylic acids is 1. The van der Waals surface area contributed by atoms with Crippen molar-refractivity contribution in [2.45, 2.75) is 13.0 Å². The van der Waals surface area contributed by atoms with E-state index in [9.17, 15) is 4.79 Å². The first-order valence-corrected chi connectivity index (χ1v) is 6.04. The van der Waals surface area contributed by atoms with Crippen molar-refractivity contribution < 1.29 is 14.6 Å². The van der Waals surface area contributed by atoms with Crippen molar-refractivity contribution in [3.8, 4) is 17.0 Å². The Bertz CT molecular complexity index is 610. The summed E-state index contributed by atoms with van der Waals surface area (Å²) in [5, 5.41) is 13.2. The molecule has 0 unspecified atom stereocenters. The highest BCUT2D eigenvalue weighted by Gasteiger charge is 2.15. The van der Waals surface area contributed by atoms with Crippen LogP contribution in [0.15, 0.2) is 30.5 Å². The molecule has 0 amide bonds. The molecular weight excluding hydrogens is 268 g/mol. The second-order valence-electron chi connectivity index (χ2n) is 4.08. The van der Waals surface area contributed by atoms with Gasteiger partial charge in [0.05, 0.1) is 10.7 Å². The van der Waals surface area contributed by atoms with Crippen LogP contribution < -0.4 is 4.74 Å². The summed E-state index contributed by atoms with van der Waals surface area (Å²) >= 11 is 6.10. The van der Waals surface area contributed by atoms with E-state index in [2.05, 4.69) is 5.10 Å². The molecule has 0 fully saturated rings. The van der Waals surface area contributed by atoms with Crippen molar-refractivity contribution in [1.29, 1.82) is 0 Å². The molecule has 0 spiro atoms. The molecule has 0 aliphatic heterocycles. The van der Waals surface area contributed by atoms with Crippen LogP contribution in [0.2, 0.25) is 5.02 Å².